The Balaban J connectivity index is 0.000000461. The summed E-state index contributed by atoms with van der Waals surface area (Å²) in [7, 11) is 1.57. The molecule has 0 radical (unpaired) electrons. The Hall–Kier alpha value is -0.770. The fraction of sp³-hybridized carbons (Fsp3) is 0.857. The number of hydrogen-bond donors (Lipinski definition) is 1. The van der Waals surface area contributed by atoms with E-state index < -0.39 is 11.9 Å². The van der Waals surface area contributed by atoms with Crippen LogP contribution in [0.15, 0.2) is 0 Å². The average molecular weight is 161 g/mol. The number of cyclic esters (lactones) is 1. The summed E-state index contributed by atoms with van der Waals surface area (Å²) < 4.78 is 4.50. The third-order valence-electron chi connectivity index (χ3n) is 1.15. The molecule has 1 atom stereocenters. The number of hydrogen-bond acceptors (Lipinski definition) is 3. The minimum atomic E-state index is -1.29. The first-order valence-electron chi connectivity index (χ1n) is 3.68. The summed E-state index contributed by atoms with van der Waals surface area (Å²) in [5.41, 5.74) is 0. The Labute approximate surface area is 66.8 Å². The molecule has 0 aliphatic carbocycles. The van der Waals surface area contributed by atoms with E-state index in [0.717, 1.165) is 0 Å². The van der Waals surface area contributed by atoms with Crippen molar-refractivity contribution in [3.8, 4) is 0 Å². The van der Waals surface area contributed by atoms with Crippen molar-refractivity contribution in [1.82, 2.24) is 4.90 Å². The molecule has 0 aromatic heterocycles. The normalized spacial score (nSPS) is 29.2. The second-order valence-corrected chi connectivity index (χ2v) is 2.40. The molecule has 0 aromatic carbocycles. The van der Waals surface area contributed by atoms with Crippen LogP contribution >= 0.6 is 0 Å². The van der Waals surface area contributed by atoms with Gasteiger partial charge in [0.15, 0.2) is 0 Å². The molecule has 0 bridgehead atoms. The van der Waals surface area contributed by atoms with Crippen molar-refractivity contribution in [3.63, 3.8) is 0 Å². The molecule has 1 fully saturated rings. The van der Waals surface area contributed by atoms with E-state index in [0.29, 0.717) is 0 Å². The van der Waals surface area contributed by atoms with Crippen molar-refractivity contribution in [2.75, 3.05) is 13.6 Å². The van der Waals surface area contributed by atoms with Crippen LogP contribution in [-0.4, -0.2) is 35.5 Å². The summed E-state index contributed by atoms with van der Waals surface area (Å²) in [5.74, 6) is -1.29. The summed E-state index contributed by atoms with van der Waals surface area (Å²) in [6, 6.07) is 0. The van der Waals surface area contributed by atoms with E-state index >= 15 is 0 Å². The summed E-state index contributed by atoms with van der Waals surface area (Å²) >= 11 is 0. The molecule has 1 rings (SSSR count). The molecule has 1 aliphatic rings. The van der Waals surface area contributed by atoms with E-state index in [1.165, 1.54) is 11.8 Å². The first-order valence-corrected chi connectivity index (χ1v) is 3.68. The molecule has 0 spiro atoms. The maximum Gasteiger partial charge on any atom is 0.412 e. The number of ether oxygens (including phenoxy) is 1. The number of carbonyl (C=O) groups excluding carboxylic acids is 1. The smallest absolute Gasteiger partial charge is 0.412 e. The quantitative estimate of drug-likeness (QED) is 0.571. The molecule has 11 heavy (non-hydrogen) atoms. The standard InChI is InChI=1S/C5H9NO3.C2H6/c1-5(8)3-6(2)4(7)9-5;1-2/h8H,3H2,1-2H3;1-2H3. The van der Waals surface area contributed by atoms with Crippen LogP contribution in [0.2, 0.25) is 0 Å². The number of aliphatic hydroxyl groups is 1. The lowest BCUT2D eigenvalue weighted by Crippen LogP contribution is -2.28. The van der Waals surface area contributed by atoms with Crippen LogP contribution in [0.3, 0.4) is 0 Å². The van der Waals surface area contributed by atoms with Crippen LogP contribution in [0.1, 0.15) is 20.8 Å². The number of rotatable bonds is 0. The van der Waals surface area contributed by atoms with E-state index in [1.807, 2.05) is 13.8 Å². The van der Waals surface area contributed by atoms with Gasteiger partial charge in [0.1, 0.15) is 0 Å². The first kappa shape index (κ1) is 10.2. The van der Waals surface area contributed by atoms with Gasteiger partial charge in [0.2, 0.25) is 5.79 Å². The molecular formula is C7H15NO3. The van der Waals surface area contributed by atoms with E-state index in [1.54, 1.807) is 7.05 Å². The Bertz CT molecular complexity index is 145. The topological polar surface area (TPSA) is 49.8 Å². The SMILES string of the molecule is CC.CN1CC(C)(O)OC1=O. The van der Waals surface area contributed by atoms with Crippen LogP contribution in [0.25, 0.3) is 0 Å². The molecule has 1 N–H and O–H groups in total. The Morgan fingerprint density at radius 2 is 2.09 bits per heavy atom. The van der Waals surface area contributed by atoms with Gasteiger partial charge in [-0.2, -0.15) is 0 Å². The van der Waals surface area contributed by atoms with E-state index in [2.05, 4.69) is 4.74 Å². The number of amides is 1. The number of carbonyl (C=O) groups is 1. The molecule has 66 valence electrons. The van der Waals surface area contributed by atoms with Crippen molar-refractivity contribution < 1.29 is 14.6 Å². The lowest BCUT2D eigenvalue weighted by molar-refractivity contribution is -0.114. The summed E-state index contributed by atoms with van der Waals surface area (Å²) in [6.07, 6.45) is -0.472. The number of nitrogens with zero attached hydrogens (tertiary/aromatic N) is 1. The highest BCUT2D eigenvalue weighted by Gasteiger charge is 2.37. The van der Waals surface area contributed by atoms with Gasteiger partial charge >= 0.3 is 6.09 Å². The third-order valence-corrected chi connectivity index (χ3v) is 1.15. The third kappa shape index (κ3) is 2.76. The Kier molecular flexibility index (Phi) is 3.32. The van der Waals surface area contributed by atoms with Gasteiger partial charge in [0.25, 0.3) is 0 Å². The first-order chi connectivity index (χ1) is 5.01. The molecule has 1 aliphatic heterocycles. The fourth-order valence-electron chi connectivity index (χ4n) is 0.803. The zero-order chi connectivity index (χ0) is 9.07. The highest BCUT2D eigenvalue weighted by molar-refractivity contribution is 5.69. The van der Waals surface area contributed by atoms with Crippen molar-refractivity contribution >= 4 is 6.09 Å². The minimum absolute atomic E-state index is 0.242. The molecule has 1 heterocycles. The van der Waals surface area contributed by atoms with Crippen molar-refractivity contribution in [3.05, 3.63) is 0 Å². The Morgan fingerprint density at radius 3 is 2.18 bits per heavy atom. The average Bonchev–Trinajstić information content (AvgIpc) is 2.10. The summed E-state index contributed by atoms with van der Waals surface area (Å²) in [6.45, 7) is 5.69. The molecule has 0 saturated carbocycles. The zero-order valence-electron chi connectivity index (χ0n) is 7.42. The number of likely N-dealkylation sites (N-methyl/N-ethyl adjacent to an activating group) is 1. The zero-order valence-corrected chi connectivity index (χ0v) is 7.42. The van der Waals surface area contributed by atoms with Crippen LogP contribution in [0.4, 0.5) is 4.79 Å². The molecular weight excluding hydrogens is 146 g/mol. The maximum atomic E-state index is 10.5. The number of β-amino-alcohol motifs (C(OH)–C–C–N with tert-alkyl or cyclic N) is 1. The molecule has 1 saturated heterocycles. The van der Waals surface area contributed by atoms with Gasteiger partial charge in [-0.1, -0.05) is 13.8 Å². The van der Waals surface area contributed by atoms with Gasteiger partial charge in [-0.3, -0.25) is 0 Å². The minimum Gasteiger partial charge on any atom is -0.415 e. The Morgan fingerprint density at radius 1 is 1.64 bits per heavy atom. The molecule has 4 heteroatoms. The molecule has 1 unspecified atom stereocenters. The van der Waals surface area contributed by atoms with Gasteiger partial charge in [-0.25, -0.2) is 4.79 Å². The highest BCUT2D eigenvalue weighted by Crippen LogP contribution is 2.16. The second-order valence-electron chi connectivity index (χ2n) is 2.40. The second kappa shape index (κ2) is 3.57. The van der Waals surface area contributed by atoms with Crippen molar-refractivity contribution in [1.29, 1.82) is 0 Å². The monoisotopic (exact) mass is 161 g/mol. The summed E-state index contributed by atoms with van der Waals surface area (Å²) in [5, 5.41) is 9.05. The molecule has 4 nitrogen and oxygen atoms in total. The van der Waals surface area contributed by atoms with Gasteiger partial charge in [0, 0.05) is 14.0 Å². The van der Waals surface area contributed by atoms with Gasteiger partial charge in [-0.15, -0.1) is 0 Å². The molecule has 1 amide bonds. The van der Waals surface area contributed by atoms with Gasteiger partial charge in [0.05, 0.1) is 6.54 Å². The lowest BCUT2D eigenvalue weighted by atomic mass is 10.3. The van der Waals surface area contributed by atoms with Crippen LogP contribution in [-0.2, 0) is 4.74 Å². The van der Waals surface area contributed by atoms with Crippen LogP contribution in [0.5, 0.6) is 0 Å². The largest absolute Gasteiger partial charge is 0.415 e. The highest BCUT2D eigenvalue weighted by atomic mass is 16.7. The molecule has 0 aromatic rings. The van der Waals surface area contributed by atoms with Crippen LogP contribution in [0, 0.1) is 0 Å². The lowest BCUT2D eigenvalue weighted by Gasteiger charge is -2.11. The fourth-order valence-corrected chi connectivity index (χ4v) is 0.803. The summed E-state index contributed by atoms with van der Waals surface area (Å²) in [4.78, 5) is 11.9. The van der Waals surface area contributed by atoms with Gasteiger partial charge < -0.3 is 14.7 Å². The van der Waals surface area contributed by atoms with Crippen LogP contribution < -0.4 is 0 Å². The van der Waals surface area contributed by atoms with E-state index in [-0.39, 0.29) is 6.54 Å². The maximum absolute atomic E-state index is 10.5. The van der Waals surface area contributed by atoms with Gasteiger partial charge in [-0.05, 0) is 0 Å². The van der Waals surface area contributed by atoms with Crippen molar-refractivity contribution in [2.24, 2.45) is 0 Å². The van der Waals surface area contributed by atoms with E-state index in [4.69, 9.17) is 5.11 Å². The van der Waals surface area contributed by atoms with Crippen molar-refractivity contribution in [2.45, 2.75) is 26.6 Å². The predicted octanol–water partition coefficient (Wildman–Crippen LogP) is 0.803. The predicted molar refractivity (Wildman–Crippen MR) is 41.1 cm³/mol. The van der Waals surface area contributed by atoms with E-state index in [9.17, 15) is 4.79 Å².